The third-order valence-corrected chi connectivity index (χ3v) is 4.96. The molecule has 1 N–H and O–H groups in total. The van der Waals surface area contributed by atoms with Gasteiger partial charge >= 0.3 is 0 Å². The highest BCUT2D eigenvalue weighted by Crippen LogP contribution is 2.46. The van der Waals surface area contributed by atoms with Crippen LogP contribution in [0.2, 0.25) is 0 Å². The normalized spacial score (nSPS) is 18.7. The van der Waals surface area contributed by atoms with Crippen molar-refractivity contribution in [1.29, 1.82) is 0 Å². The van der Waals surface area contributed by atoms with Crippen LogP contribution in [0.4, 0.5) is 0 Å². The minimum atomic E-state index is 0. The zero-order chi connectivity index (χ0) is 17.3. The van der Waals surface area contributed by atoms with Gasteiger partial charge in [-0.05, 0) is 33.3 Å². The van der Waals surface area contributed by atoms with Crippen LogP contribution in [0.5, 0.6) is 5.88 Å². The Bertz CT molecular complexity index is 567. The van der Waals surface area contributed by atoms with Gasteiger partial charge in [-0.1, -0.05) is 19.9 Å². The smallest absolute Gasteiger partial charge is 0.213 e. The van der Waals surface area contributed by atoms with Gasteiger partial charge in [0, 0.05) is 43.4 Å². The van der Waals surface area contributed by atoms with Crippen molar-refractivity contribution in [3.8, 4) is 5.88 Å². The number of likely N-dealkylation sites (tertiary alicyclic amines) is 1. The van der Waals surface area contributed by atoms with Crippen LogP contribution in [0.3, 0.4) is 0 Å². The Kier molecular flexibility index (Phi) is 6.90. The molecule has 2 rings (SSSR count). The Labute approximate surface area is 163 Å². The summed E-state index contributed by atoms with van der Waals surface area (Å²) in [5.74, 6) is 1.61. The van der Waals surface area contributed by atoms with Gasteiger partial charge in [0.25, 0.3) is 0 Å². The van der Waals surface area contributed by atoms with E-state index in [0.29, 0.717) is 17.8 Å². The standard InChI is InChI=1S/C18H30N4O.HI/c1-13(2)23-15-9-8-14(10-20-15)11-21-16(19-7)22-12-17(3,4)18(22,5)6;/h8-10,13H,11-12H2,1-7H3,(H,19,21);1H. The molecule has 1 aliphatic rings. The fourth-order valence-electron chi connectivity index (χ4n) is 2.70. The molecule has 0 radical (unpaired) electrons. The van der Waals surface area contributed by atoms with Crippen molar-refractivity contribution >= 4 is 29.9 Å². The molecule has 0 aliphatic carbocycles. The van der Waals surface area contributed by atoms with Gasteiger partial charge in [0.1, 0.15) is 0 Å². The Morgan fingerprint density at radius 2 is 2.00 bits per heavy atom. The van der Waals surface area contributed by atoms with E-state index < -0.39 is 0 Å². The first-order chi connectivity index (χ1) is 10.7. The number of aromatic nitrogens is 1. The van der Waals surface area contributed by atoms with Crippen molar-refractivity contribution in [1.82, 2.24) is 15.2 Å². The van der Waals surface area contributed by atoms with Crippen LogP contribution < -0.4 is 10.1 Å². The zero-order valence-electron chi connectivity index (χ0n) is 15.9. The molecule has 5 nitrogen and oxygen atoms in total. The van der Waals surface area contributed by atoms with Crippen molar-refractivity contribution in [2.24, 2.45) is 10.4 Å². The van der Waals surface area contributed by atoms with Gasteiger partial charge in [-0.25, -0.2) is 4.98 Å². The van der Waals surface area contributed by atoms with Crippen molar-refractivity contribution < 1.29 is 4.74 Å². The third-order valence-electron chi connectivity index (χ3n) is 4.96. The maximum absolute atomic E-state index is 5.57. The summed E-state index contributed by atoms with van der Waals surface area (Å²) in [7, 11) is 1.83. The van der Waals surface area contributed by atoms with E-state index in [9.17, 15) is 0 Å². The van der Waals surface area contributed by atoms with E-state index in [-0.39, 0.29) is 35.6 Å². The average molecular weight is 446 g/mol. The maximum atomic E-state index is 5.57. The van der Waals surface area contributed by atoms with Gasteiger partial charge in [0.2, 0.25) is 5.88 Å². The SMILES string of the molecule is CN=C(NCc1ccc(OC(C)C)nc1)N1CC(C)(C)C1(C)C.I. The number of rotatable bonds is 4. The molecular formula is C18H31IN4O. The molecule has 6 heteroatoms. The summed E-state index contributed by atoms with van der Waals surface area (Å²) in [4.78, 5) is 11.1. The molecule has 0 bridgehead atoms. The summed E-state index contributed by atoms with van der Waals surface area (Å²) in [5.41, 5.74) is 1.50. The number of pyridine rings is 1. The molecule has 0 spiro atoms. The summed E-state index contributed by atoms with van der Waals surface area (Å²) >= 11 is 0. The first-order valence-electron chi connectivity index (χ1n) is 8.27. The summed E-state index contributed by atoms with van der Waals surface area (Å²) in [6.45, 7) is 14.8. The van der Waals surface area contributed by atoms with Crippen molar-refractivity contribution in [3.63, 3.8) is 0 Å². The Hall–Kier alpha value is -1.05. The lowest BCUT2D eigenvalue weighted by molar-refractivity contribution is -0.0667. The minimum absolute atomic E-state index is 0. The van der Waals surface area contributed by atoms with E-state index in [0.717, 1.165) is 18.1 Å². The second kappa shape index (κ2) is 7.89. The molecule has 2 heterocycles. The Balaban J connectivity index is 0.00000288. The van der Waals surface area contributed by atoms with Crippen molar-refractivity contribution in [3.05, 3.63) is 23.9 Å². The fourth-order valence-corrected chi connectivity index (χ4v) is 2.70. The van der Waals surface area contributed by atoms with Crippen molar-refractivity contribution in [2.45, 2.75) is 59.7 Å². The Morgan fingerprint density at radius 1 is 1.33 bits per heavy atom. The van der Waals surface area contributed by atoms with Gasteiger partial charge in [-0.2, -0.15) is 0 Å². The van der Waals surface area contributed by atoms with E-state index in [2.05, 4.69) is 47.9 Å². The van der Waals surface area contributed by atoms with Crippen LogP contribution in [0.1, 0.15) is 47.1 Å². The lowest BCUT2D eigenvalue weighted by atomic mass is 9.65. The maximum Gasteiger partial charge on any atom is 0.213 e. The molecule has 0 saturated carbocycles. The molecule has 1 aromatic heterocycles. The van der Waals surface area contributed by atoms with E-state index >= 15 is 0 Å². The predicted octanol–water partition coefficient (Wildman–Crippen LogP) is 3.68. The topological polar surface area (TPSA) is 49.8 Å². The monoisotopic (exact) mass is 446 g/mol. The van der Waals surface area contributed by atoms with Crippen LogP contribution in [0.25, 0.3) is 0 Å². The third kappa shape index (κ3) is 4.32. The quantitative estimate of drug-likeness (QED) is 0.436. The van der Waals surface area contributed by atoms with Crippen LogP contribution >= 0.6 is 24.0 Å². The first-order valence-corrected chi connectivity index (χ1v) is 8.27. The largest absolute Gasteiger partial charge is 0.475 e. The number of hydrogen-bond donors (Lipinski definition) is 1. The number of hydrogen-bond acceptors (Lipinski definition) is 3. The van der Waals surface area contributed by atoms with E-state index in [1.54, 1.807) is 0 Å². The van der Waals surface area contributed by atoms with Crippen LogP contribution in [-0.2, 0) is 6.54 Å². The summed E-state index contributed by atoms with van der Waals surface area (Å²) < 4.78 is 5.57. The van der Waals surface area contributed by atoms with Crippen LogP contribution in [0.15, 0.2) is 23.3 Å². The number of nitrogens with one attached hydrogen (secondary N) is 1. The zero-order valence-corrected chi connectivity index (χ0v) is 18.2. The lowest BCUT2D eigenvalue weighted by Crippen LogP contribution is -2.72. The molecule has 1 fully saturated rings. The van der Waals surface area contributed by atoms with Gasteiger partial charge < -0.3 is 15.0 Å². The summed E-state index contributed by atoms with van der Waals surface area (Å²) in [6, 6.07) is 3.95. The molecule has 0 amide bonds. The van der Waals surface area contributed by atoms with E-state index in [4.69, 9.17) is 4.74 Å². The van der Waals surface area contributed by atoms with Gasteiger partial charge in [-0.15, -0.1) is 24.0 Å². The van der Waals surface area contributed by atoms with Gasteiger partial charge in [0.15, 0.2) is 5.96 Å². The molecule has 1 saturated heterocycles. The first kappa shape index (κ1) is 21.0. The molecule has 136 valence electrons. The second-order valence-electron chi connectivity index (χ2n) is 7.60. The highest BCUT2D eigenvalue weighted by molar-refractivity contribution is 14.0. The number of aliphatic imine (C=N–C) groups is 1. The summed E-state index contributed by atoms with van der Waals surface area (Å²) in [6.07, 6.45) is 1.99. The van der Waals surface area contributed by atoms with Crippen molar-refractivity contribution in [2.75, 3.05) is 13.6 Å². The predicted molar refractivity (Wildman–Crippen MR) is 110 cm³/mol. The molecule has 1 aliphatic heterocycles. The van der Waals surface area contributed by atoms with E-state index in [1.807, 2.05) is 39.2 Å². The highest BCUT2D eigenvalue weighted by atomic mass is 127. The lowest BCUT2D eigenvalue weighted by Gasteiger charge is -2.62. The Morgan fingerprint density at radius 3 is 2.42 bits per heavy atom. The molecule has 1 aromatic rings. The minimum Gasteiger partial charge on any atom is -0.475 e. The van der Waals surface area contributed by atoms with Crippen LogP contribution in [-0.4, -0.2) is 41.1 Å². The van der Waals surface area contributed by atoms with Crippen LogP contribution in [0, 0.1) is 5.41 Å². The number of guanidine groups is 1. The highest BCUT2D eigenvalue weighted by Gasteiger charge is 2.53. The van der Waals surface area contributed by atoms with Gasteiger partial charge in [0.05, 0.1) is 6.10 Å². The molecular weight excluding hydrogens is 415 g/mol. The number of ether oxygens (including phenoxy) is 1. The number of nitrogens with zero attached hydrogens (tertiary/aromatic N) is 3. The molecule has 24 heavy (non-hydrogen) atoms. The number of halogens is 1. The molecule has 0 aromatic carbocycles. The molecule has 0 unspecified atom stereocenters. The van der Waals surface area contributed by atoms with Gasteiger partial charge in [-0.3, -0.25) is 4.99 Å². The second-order valence-corrected chi connectivity index (χ2v) is 7.60. The van der Waals surface area contributed by atoms with E-state index in [1.165, 1.54) is 0 Å². The fraction of sp³-hybridized carbons (Fsp3) is 0.667. The molecule has 0 atom stereocenters. The summed E-state index contributed by atoms with van der Waals surface area (Å²) in [5, 5.41) is 3.44. The average Bonchev–Trinajstić information content (AvgIpc) is 2.47.